The molecule has 0 aliphatic carbocycles. The van der Waals surface area contributed by atoms with Crippen molar-refractivity contribution >= 4 is 29.3 Å². The number of ether oxygens (including phenoxy) is 1. The SMILES string of the molecule is CCOc1cc([N+](=O)[O-])ccc1OP(O)(=S)c1ccccc1. The molecule has 1 N–H and O–H groups in total. The number of benzene rings is 2. The average Bonchev–Trinajstić information content (AvgIpc) is 2.50. The van der Waals surface area contributed by atoms with Gasteiger partial charge in [0.15, 0.2) is 11.5 Å². The number of nitro benzene ring substituents is 1. The molecule has 0 radical (unpaired) electrons. The maximum atomic E-state index is 10.8. The average molecular weight is 339 g/mol. The van der Waals surface area contributed by atoms with Gasteiger partial charge in [0.05, 0.1) is 17.6 Å². The van der Waals surface area contributed by atoms with E-state index in [2.05, 4.69) is 0 Å². The van der Waals surface area contributed by atoms with Crippen molar-refractivity contribution < 1.29 is 19.1 Å². The first-order valence-electron chi connectivity index (χ1n) is 6.43. The van der Waals surface area contributed by atoms with Crippen LogP contribution in [0.5, 0.6) is 11.5 Å². The predicted molar refractivity (Wildman–Crippen MR) is 87.5 cm³/mol. The zero-order valence-corrected chi connectivity index (χ0v) is 13.4. The molecule has 2 aromatic carbocycles. The Labute approximate surface area is 132 Å². The van der Waals surface area contributed by atoms with Crippen LogP contribution in [0.3, 0.4) is 0 Å². The van der Waals surface area contributed by atoms with Crippen molar-refractivity contribution in [3.8, 4) is 11.5 Å². The highest BCUT2D eigenvalue weighted by atomic mass is 32.5. The van der Waals surface area contributed by atoms with Gasteiger partial charge in [0.25, 0.3) is 12.2 Å². The van der Waals surface area contributed by atoms with Gasteiger partial charge in [-0.15, -0.1) is 0 Å². The van der Waals surface area contributed by atoms with E-state index in [1.807, 2.05) is 0 Å². The minimum absolute atomic E-state index is 0.123. The predicted octanol–water partition coefficient (Wildman–Crippen LogP) is 3.00. The molecule has 0 saturated carbocycles. The minimum Gasteiger partial charge on any atom is -0.490 e. The Hall–Kier alpha value is -1.95. The summed E-state index contributed by atoms with van der Waals surface area (Å²) in [6.45, 7) is -1.23. The van der Waals surface area contributed by atoms with Crippen molar-refractivity contribution in [1.29, 1.82) is 0 Å². The van der Waals surface area contributed by atoms with Crippen LogP contribution in [0.1, 0.15) is 6.92 Å². The lowest BCUT2D eigenvalue weighted by Crippen LogP contribution is -2.09. The van der Waals surface area contributed by atoms with E-state index in [1.54, 1.807) is 37.3 Å². The highest BCUT2D eigenvalue weighted by Gasteiger charge is 2.22. The Morgan fingerprint density at radius 1 is 1.23 bits per heavy atom. The molecule has 0 saturated heterocycles. The van der Waals surface area contributed by atoms with Crippen LogP contribution in [-0.4, -0.2) is 16.4 Å². The molecule has 0 aliphatic rings. The van der Waals surface area contributed by atoms with Crippen molar-refractivity contribution in [2.75, 3.05) is 6.61 Å². The number of rotatable bonds is 6. The van der Waals surface area contributed by atoms with E-state index in [0.29, 0.717) is 11.9 Å². The van der Waals surface area contributed by atoms with Gasteiger partial charge in [-0.1, -0.05) is 18.2 Å². The second kappa shape index (κ2) is 6.87. The third-order valence-corrected chi connectivity index (χ3v) is 4.99. The van der Waals surface area contributed by atoms with E-state index < -0.39 is 11.4 Å². The first-order valence-corrected chi connectivity index (χ1v) is 9.10. The smallest absolute Gasteiger partial charge is 0.273 e. The van der Waals surface area contributed by atoms with Crippen molar-refractivity contribution in [1.82, 2.24) is 0 Å². The molecular formula is C14H14NO5PS. The molecular weight excluding hydrogens is 325 g/mol. The largest absolute Gasteiger partial charge is 0.490 e. The Morgan fingerprint density at radius 2 is 1.91 bits per heavy atom. The summed E-state index contributed by atoms with van der Waals surface area (Å²) in [5.74, 6) is 0.359. The molecule has 2 rings (SSSR count). The molecule has 0 amide bonds. The number of non-ortho nitro benzene ring substituents is 1. The summed E-state index contributed by atoms with van der Waals surface area (Å²) >= 11 is 5.18. The van der Waals surface area contributed by atoms with E-state index in [4.69, 9.17) is 21.1 Å². The second-order valence-corrected chi connectivity index (χ2v) is 7.49. The van der Waals surface area contributed by atoms with Crippen molar-refractivity contribution in [3.63, 3.8) is 0 Å². The molecule has 0 fully saturated rings. The molecule has 6 nitrogen and oxygen atoms in total. The lowest BCUT2D eigenvalue weighted by Gasteiger charge is -2.19. The van der Waals surface area contributed by atoms with Crippen LogP contribution in [-0.2, 0) is 11.8 Å². The van der Waals surface area contributed by atoms with Crippen LogP contribution in [0.25, 0.3) is 0 Å². The van der Waals surface area contributed by atoms with Crippen LogP contribution in [0.2, 0.25) is 0 Å². The summed E-state index contributed by atoms with van der Waals surface area (Å²) < 4.78 is 10.9. The number of nitro groups is 1. The Balaban J connectivity index is 2.36. The fourth-order valence-corrected chi connectivity index (χ4v) is 3.43. The van der Waals surface area contributed by atoms with Crippen LogP contribution >= 0.6 is 6.49 Å². The molecule has 0 aliphatic heterocycles. The maximum absolute atomic E-state index is 10.8. The molecule has 22 heavy (non-hydrogen) atoms. The highest BCUT2D eigenvalue weighted by Crippen LogP contribution is 2.45. The van der Waals surface area contributed by atoms with Crippen molar-refractivity contribution in [3.05, 3.63) is 58.6 Å². The zero-order valence-electron chi connectivity index (χ0n) is 11.7. The van der Waals surface area contributed by atoms with Crippen LogP contribution in [0, 0.1) is 10.1 Å². The van der Waals surface area contributed by atoms with Crippen LogP contribution < -0.4 is 14.6 Å². The number of hydrogen-bond donors (Lipinski definition) is 1. The molecule has 1 atom stereocenters. The van der Waals surface area contributed by atoms with Gasteiger partial charge >= 0.3 is 0 Å². The first kappa shape index (κ1) is 16.4. The van der Waals surface area contributed by atoms with Crippen molar-refractivity contribution in [2.24, 2.45) is 0 Å². The molecule has 1 unspecified atom stereocenters. The van der Waals surface area contributed by atoms with Gasteiger partial charge in [-0.25, -0.2) is 0 Å². The molecule has 0 heterocycles. The summed E-state index contributed by atoms with van der Waals surface area (Å²) in [6, 6.07) is 12.5. The first-order chi connectivity index (χ1) is 10.4. The summed E-state index contributed by atoms with van der Waals surface area (Å²) in [5.41, 5.74) is -0.123. The van der Waals surface area contributed by atoms with Gasteiger partial charge < -0.3 is 14.2 Å². The third kappa shape index (κ3) is 3.82. The number of nitrogens with zero attached hydrogens (tertiary/aromatic N) is 1. The summed E-state index contributed by atoms with van der Waals surface area (Å²) in [7, 11) is 0. The van der Waals surface area contributed by atoms with Crippen molar-refractivity contribution in [2.45, 2.75) is 6.92 Å². The molecule has 2 aromatic rings. The lowest BCUT2D eigenvalue weighted by molar-refractivity contribution is -0.384. The molecule has 0 spiro atoms. The van der Waals surface area contributed by atoms with Gasteiger partial charge in [0.1, 0.15) is 0 Å². The summed E-state index contributed by atoms with van der Waals surface area (Å²) in [4.78, 5) is 20.7. The summed E-state index contributed by atoms with van der Waals surface area (Å²) in [6.07, 6.45) is 0. The fraction of sp³-hybridized carbons (Fsp3) is 0.143. The maximum Gasteiger partial charge on any atom is 0.273 e. The quantitative estimate of drug-likeness (QED) is 0.495. The second-order valence-electron chi connectivity index (χ2n) is 4.27. The Morgan fingerprint density at radius 3 is 2.50 bits per heavy atom. The molecule has 8 heteroatoms. The van der Waals surface area contributed by atoms with Gasteiger partial charge in [-0.2, -0.15) is 0 Å². The van der Waals surface area contributed by atoms with Gasteiger partial charge in [0.2, 0.25) is 0 Å². The molecule has 116 valence electrons. The van der Waals surface area contributed by atoms with Crippen LogP contribution in [0.4, 0.5) is 5.69 Å². The third-order valence-electron chi connectivity index (χ3n) is 2.74. The highest BCUT2D eigenvalue weighted by molar-refractivity contribution is 8.13. The number of hydrogen-bond acceptors (Lipinski definition) is 5. The van der Waals surface area contributed by atoms with E-state index in [0.717, 1.165) is 0 Å². The Kier molecular flexibility index (Phi) is 5.13. The minimum atomic E-state index is -3.27. The van der Waals surface area contributed by atoms with E-state index in [9.17, 15) is 15.0 Å². The van der Waals surface area contributed by atoms with Gasteiger partial charge in [0, 0.05) is 11.4 Å². The van der Waals surface area contributed by atoms with E-state index in [-0.39, 0.29) is 17.2 Å². The zero-order chi connectivity index (χ0) is 16.2. The lowest BCUT2D eigenvalue weighted by atomic mass is 10.3. The Bertz CT molecular complexity index is 722. The van der Waals surface area contributed by atoms with Gasteiger partial charge in [-0.05, 0) is 36.9 Å². The monoisotopic (exact) mass is 339 g/mol. The van der Waals surface area contributed by atoms with Gasteiger partial charge in [-0.3, -0.25) is 10.1 Å². The van der Waals surface area contributed by atoms with E-state index >= 15 is 0 Å². The van der Waals surface area contributed by atoms with Crippen LogP contribution in [0.15, 0.2) is 48.5 Å². The molecule has 0 aromatic heterocycles. The fourth-order valence-electron chi connectivity index (χ4n) is 1.76. The normalized spacial score (nSPS) is 13.2. The van der Waals surface area contributed by atoms with E-state index in [1.165, 1.54) is 18.2 Å². The summed E-state index contributed by atoms with van der Waals surface area (Å²) in [5, 5.41) is 11.3. The molecule has 0 bridgehead atoms. The topological polar surface area (TPSA) is 81.8 Å². The standard InChI is InChI=1S/C14H14NO5PS/c1-2-19-14-10-11(15(16)17)8-9-13(14)20-21(18,22)12-6-4-3-5-7-12/h3-10H,2H2,1H3,(H,18,22).